The first-order chi connectivity index (χ1) is 15.5. The van der Waals surface area contributed by atoms with Gasteiger partial charge >= 0.3 is 29.0 Å². The number of aromatic nitrogens is 2. The van der Waals surface area contributed by atoms with E-state index in [1.54, 1.807) is 29.7 Å². The van der Waals surface area contributed by atoms with E-state index in [1.807, 2.05) is 49.4 Å². The second-order valence-electron chi connectivity index (χ2n) is 7.25. The number of hydrogen-bond acceptors (Lipinski definition) is 5. The van der Waals surface area contributed by atoms with Gasteiger partial charge in [-0.3, -0.25) is 9.36 Å². The lowest BCUT2D eigenvalue weighted by molar-refractivity contribution is -0.149. The summed E-state index contributed by atoms with van der Waals surface area (Å²) in [5.41, 5.74) is 2.33. The van der Waals surface area contributed by atoms with E-state index >= 15 is 0 Å². The number of aryl methyl sites for hydroxylation is 1. The van der Waals surface area contributed by atoms with Crippen molar-refractivity contribution in [3.8, 4) is 17.0 Å². The van der Waals surface area contributed by atoms with Gasteiger partial charge in [-0.05, 0) is 24.6 Å². The van der Waals surface area contributed by atoms with Crippen LogP contribution in [0.5, 0.6) is 5.75 Å². The number of carbonyl (C=O) groups is 1. The molecule has 1 N–H and O–H groups in total. The summed E-state index contributed by atoms with van der Waals surface area (Å²) in [6, 6.07) is 18.4. The van der Waals surface area contributed by atoms with E-state index in [0.717, 1.165) is 11.1 Å². The van der Waals surface area contributed by atoms with Gasteiger partial charge in [0.2, 0.25) is 0 Å². The molecule has 0 amide bonds. The lowest BCUT2D eigenvalue weighted by atomic mass is 10.1. The van der Waals surface area contributed by atoms with E-state index in [2.05, 4.69) is 4.98 Å². The summed E-state index contributed by atoms with van der Waals surface area (Å²) in [6.07, 6.45) is 0.0605. The van der Waals surface area contributed by atoms with Crippen LogP contribution >= 0.6 is 0 Å². The molecular formula is C25H30MgN2O5. The fourth-order valence-corrected chi connectivity index (χ4v) is 3.43. The first-order valence-electron chi connectivity index (χ1n) is 10.7. The number of carboxylic acids is 1. The van der Waals surface area contributed by atoms with Crippen LogP contribution in [-0.2, 0) is 28.9 Å². The van der Waals surface area contributed by atoms with E-state index in [9.17, 15) is 14.7 Å². The van der Waals surface area contributed by atoms with Gasteiger partial charge in [-0.15, -0.1) is 0 Å². The zero-order chi connectivity index (χ0) is 22.9. The summed E-state index contributed by atoms with van der Waals surface area (Å²) >= 11 is 0. The fraction of sp³-hybridized carbons (Fsp3) is 0.320. The summed E-state index contributed by atoms with van der Waals surface area (Å²) < 4.78 is 12.7. The van der Waals surface area contributed by atoms with Crippen molar-refractivity contribution < 1.29 is 19.4 Å². The van der Waals surface area contributed by atoms with Crippen molar-refractivity contribution in [2.24, 2.45) is 0 Å². The SMILES string of the molecule is CCOC(Cc1ccc(OCCn2c(CC)nc(-c3ccccc3)cc2=O)cc1)C(=O)O.[MgH2]. The second-order valence-corrected chi connectivity index (χ2v) is 7.25. The van der Waals surface area contributed by atoms with Crippen LogP contribution in [0.1, 0.15) is 25.2 Å². The Morgan fingerprint density at radius 2 is 1.79 bits per heavy atom. The first-order valence-corrected chi connectivity index (χ1v) is 10.7. The van der Waals surface area contributed by atoms with Crippen molar-refractivity contribution in [2.75, 3.05) is 13.2 Å². The van der Waals surface area contributed by atoms with Crippen molar-refractivity contribution in [3.63, 3.8) is 0 Å². The van der Waals surface area contributed by atoms with Crippen LogP contribution < -0.4 is 10.3 Å². The van der Waals surface area contributed by atoms with Crippen molar-refractivity contribution >= 4 is 29.0 Å². The molecule has 2 aromatic carbocycles. The summed E-state index contributed by atoms with van der Waals surface area (Å²) in [7, 11) is 0. The number of aliphatic carboxylic acids is 1. The Morgan fingerprint density at radius 3 is 2.39 bits per heavy atom. The van der Waals surface area contributed by atoms with Crippen LogP contribution in [0, 0.1) is 0 Å². The molecule has 1 unspecified atom stereocenters. The highest BCUT2D eigenvalue weighted by atomic mass is 24.3. The van der Waals surface area contributed by atoms with E-state index in [0.29, 0.717) is 43.4 Å². The highest BCUT2D eigenvalue weighted by molar-refractivity contribution is 5.75. The fourth-order valence-electron chi connectivity index (χ4n) is 3.43. The summed E-state index contributed by atoms with van der Waals surface area (Å²) in [4.78, 5) is 28.6. The third-order valence-corrected chi connectivity index (χ3v) is 5.04. The maximum absolute atomic E-state index is 12.7. The van der Waals surface area contributed by atoms with Gasteiger partial charge < -0.3 is 14.6 Å². The monoisotopic (exact) mass is 462 g/mol. The number of benzene rings is 2. The Kier molecular flexibility index (Phi) is 10.6. The molecule has 0 aliphatic carbocycles. The molecule has 3 rings (SSSR count). The maximum atomic E-state index is 12.7. The zero-order valence-electron chi connectivity index (χ0n) is 18.4. The molecule has 0 fully saturated rings. The number of rotatable bonds is 11. The highest BCUT2D eigenvalue weighted by Gasteiger charge is 2.17. The molecule has 0 aliphatic heterocycles. The van der Waals surface area contributed by atoms with Crippen molar-refractivity contribution in [3.05, 3.63) is 82.4 Å². The Bertz CT molecular complexity index is 1080. The molecule has 0 saturated carbocycles. The summed E-state index contributed by atoms with van der Waals surface area (Å²) in [5, 5.41) is 9.21. The van der Waals surface area contributed by atoms with E-state index in [4.69, 9.17) is 9.47 Å². The number of carboxylic acid groups (broad SMARTS) is 1. The topological polar surface area (TPSA) is 90.7 Å². The standard InChI is InChI=1S/C25H28N2O5.Mg.2H/c1-3-23-26-21(19-8-6-5-7-9-19)17-24(28)27(23)14-15-32-20-12-10-18(11-13-20)16-22(25(29)30)31-4-2;;;/h5-13,17,22H,3-4,14-16H2,1-2H3,(H,29,30);;;. The zero-order valence-corrected chi connectivity index (χ0v) is 18.4. The molecule has 0 bridgehead atoms. The molecule has 1 aromatic heterocycles. The van der Waals surface area contributed by atoms with Crippen LogP contribution in [0.15, 0.2) is 65.5 Å². The molecule has 7 nitrogen and oxygen atoms in total. The third kappa shape index (κ3) is 7.41. The third-order valence-electron chi connectivity index (χ3n) is 5.04. The molecule has 172 valence electrons. The molecule has 0 aliphatic rings. The molecule has 8 heteroatoms. The van der Waals surface area contributed by atoms with Gasteiger partial charge in [0.25, 0.3) is 5.56 Å². The van der Waals surface area contributed by atoms with Crippen LogP contribution in [0.25, 0.3) is 11.3 Å². The Morgan fingerprint density at radius 1 is 1.09 bits per heavy atom. The lowest BCUT2D eigenvalue weighted by Crippen LogP contribution is -2.27. The van der Waals surface area contributed by atoms with E-state index in [1.165, 1.54) is 0 Å². The molecule has 33 heavy (non-hydrogen) atoms. The molecule has 1 atom stereocenters. The van der Waals surface area contributed by atoms with E-state index in [-0.39, 0.29) is 35.0 Å². The highest BCUT2D eigenvalue weighted by Crippen LogP contribution is 2.16. The minimum Gasteiger partial charge on any atom is -0.492 e. The van der Waals surface area contributed by atoms with Crippen LogP contribution in [0.4, 0.5) is 0 Å². The van der Waals surface area contributed by atoms with Crippen LogP contribution in [0.3, 0.4) is 0 Å². The quantitative estimate of drug-likeness (QED) is 0.441. The van der Waals surface area contributed by atoms with Gasteiger partial charge in [-0.2, -0.15) is 0 Å². The van der Waals surface area contributed by atoms with Gasteiger partial charge in [0, 0.05) is 31.1 Å². The van der Waals surface area contributed by atoms with Gasteiger partial charge in [-0.1, -0.05) is 49.4 Å². The van der Waals surface area contributed by atoms with Crippen LogP contribution in [0.2, 0.25) is 0 Å². The average molecular weight is 463 g/mol. The molecule has 1 heterocycles. The summed E-state index contributed by atoms with van der Waals surface area (Å²) in [6.45, 7) is 4.79. The van der Waals surface area contributed by atoms with E-state index < -0.39 is 12.1 Å². The Balaban J connectivity index is 0.00000385. The van der Waals surface area contributed by atoms with Crippen molar-refractivity contribution in [1.82, 2.24) is 9.55 Å². The Labute approximate surface area is 209 Å². The average Bonchev–Trinajstić information content (AvgIpc) is 2.81. The predicted octanol–water partition coefficient (Wildman–Crippen LogP) is 2.67. The van der Waals surface area contributed by atoms with Crippen molar-refractivity contribution in [1.29, 1.82) is 0 Å². The number of nitrogens with zero attached hydrogens (tertiary/aromatic N) is 2. The van der Waals surface area contributed by atoms with Gasteiger partial charge in [0.05, 0.1) is 12.2 Å². The molecule has 3 aromatic rings. The smallest absolute Gasteiger partial charge is 0.333 e. The largest absolute Gasteiger partial charge is 0.492 e. The summed E-state index contributed by atoms with van der Waals surface area (Å²) in [5.74, 6) is 0.388. The van der Waals surface area contributed by atoms with Gasteiger partial charge in [0.15, 0.2) is 6.10 Å². The predicted molar refractivity (Wildman–Crippen MR) is 131 cm³/mol. The van der Waals surface area contributed by atoms with Crippen molar-refractivity contribution in [2.45, 2.75) is 39.3 Å². The minimum absolute atomic E-state index is 0. The second kappa shape index (κ2) is 13.1. The first kappa shape index (κ1) is 26.6. The number of hydrogen-bond donors (Lipinski definition) is 1. The molecular weight excluding hydrogens is 433 g/mol. The van der Waals surface area contributed by atoms with Crippen LogP contribution in [-0.4, -0.2) is 63.0 Å². The lowest BCUT2D eigenvalue weighted by Gasteiger charge is -2.14. The minimum atomic E-state index is -0.976. The van der Waals surface area contributed by atoms with Gasteiger partial charge in [-0.25, -0.2) is 9.78 Å². The molecule has 0 saturated heterocycles. The number of ether oxygens (including phenoxy) is 2. The molecule has 0 spiro atoms. The van der Waals surface area contributed by atoms with Gasteiger partial charge in [0.1, 0.15) is 18.2 Å². The Hall–Kier alpha value is -2.68. The maximum Gasteiger partial charge on any atom is 0.333 e. The molecule has 0 radical (unpaired) electrons. The normalized spacial score (nSPS) is 11.5.